The van der Waals surface area contributed by atoms with Crippen LogP contribution in [-0.2, 0) is 27.6 Å². The molecular formula is C36H44N6O4S. The Kier molecular flexibility index (Phi) is 9.31. The molecule has 3 aliphatic heterocycles. The fourth-order valence-electron chi connectivity index (χ4n) is 8.13. The van der Waals surface area contributed by atoms with Gasteiger partial charge in [0.25, 0.3) is 0 Å². The van der Waals surface area contributed by atoms with Gasteiger partial charge in [-0.1, -0.05) is 80.6 Å². The Hall–Kier alpha value is -3.96. The molecule has 1 aromatic heterocycles. The summed E-state index contributed by atoms with van der Waals surface area (Å²) in [4.78, 5) is 49.6. The average Bonchev–Trinajstić information content (AvgIpc) is 3.78. The zero-order chi connectivity index (χ0) is 33.5. The number of rotatable bonds is 13. The van der Waals surface area contributed by atoms with Crippen molar-refractivity contribution >= 4 is 40.5 Å². The van der Waals surface area contributed by atoms with Gasteiger partial charge < -0.3 is 19.8 Å². The van der Waals surface area contributed by atoms with Gasteiger partial charge in [-0.25, -0.2) is 4.68 Å². The van der Waals surface area contributed by atoms with Crippen LogP contribution in [0, 0.1) is 23.7 Å². The maximum absolute atomic E-state index is 15.0. The summed E-state index contributed by atoms with van der Waals surface area (Å²) in [6.45, 7) is 14.6. The van der Waals surface area contributed by atoms with E-state index in [9.17, 15) is 14.7 Å². The van der Waals surface area contributed by atoms with Gasteiger partial charge in [0.15, 0.2) is 0 Å². The lowest BCUT2D eigenvalue weighted by Gasteiger charge is -2.42. The van der Waals surface area contributed by atoms with Crippen molar-refractivity contribution in [1.29, 1.82) is 0 Å². The van der Waals surface area contributed by atoms with Gasteiger partial charge in [0.1, 0.15) is 18.2 Å². The molecule has 0 aliphatic carbocycles. The number of benzene rings is 2. The molecule has 0 radical (unpaired) electrons. The van der Waals surface area contributed by atoms with Crippen LogP contribution in [0.25, 0.3) is 11.0 Å². The third-order valence-corrected chi connectivity index (χ3v) is 12.4. The van der Waals surface area contributed by atoms with Gasteiger partial charge in [-0.2, -0.15) is 0 Å². The minimum Gasteiger partial charge on any atom is -0.394 e. The van der Waals surface area contributed by atoms with Gasteiger partial charge >= 0.3 is 0 Å². The number of thioether (sulfide) groups is 1. The molecule has 3 aromatic rings. The first-order valence-electron chi connectivity index (χ1n) is 16.4. The third kappa shape index (κ3) is 5.47. The molecule has 2 bridgehead atoms. The summed E-state index contributed by atoms with van der Waals surface area (Å²) in [5.74, 6) is -1.97. The molecule has 1 N–H and O–H groups in total. The maximum atomic E-state index is 15.0. The van der Waals surface area contributed by atoms with E-state index >= 15 is 4.79 Å². The number of aliphatic hydroxyl groups excluding tert-OH is 1. The van der Waals surface area contributed by atoms with E-state index in [-0.39, 0.29) is 54.6 Å². The number of para-hydroxylation sites is 1. The van der Waals surface area contributed by atoms with Gasteiger partial charge in [-0.15, -0.1) is 30.0 Å². The van der Waals surface area contributed by atoms with Crippen molar-refractivity contribution in [3.05, 3.63) is 85.5 Å². The number of hydrogen-bond donors (Lipinski definition) is 1. The molecule has 10 nitrogen and oxygen atoms in total. The second-order valence-corrected chi connectivity index (χ2v) is 14.9. The molecule has 3 aliphatic rings. The largest absolute Gasteiger partial charge is 0.394 e. The molecular weight excluding hydrogens is 613 g/mol. The van der Waals surface area contributed by atoms with E-state index in [1.807, 2.05) is 68.4 Å². The number of carbonyl (C=O) groups is 3. The van der Waals surface area contributed by atoms with Crippen molar-refractivity contribution in [3.63, 3.8) is 0 Å². The minimum absolute atomic E-state index is 0.0132. The summed E-state index contributed by atoms with van der Waals surface area (Å²) >= 11 is 1.64. The zero-order valence-corrected chi connectivity index (χ0v) is 28.1. The van der Waals surface area contributed by atoms with Gasteiger partial charge in [-0.3, -0.25) is 14.4 Å². The summed E-state index contributed by atoms with van der Waals surface area (Å²) in [5, 5.41) is 19.2. The van der Waals surface area contributed by atoms with Gasteiger partial charge in [0.05, 0.1) is 34.7 Å². The monoisotopic (exact) mass is 656 g/mol. The molecule has 11 heteroatoms. The van der Waals surface area contributed by atoms with Crippen LogP contribution in [0.3, 0.4) is 0 Å². The topological polar surface area (TPSA) is 112 Å². The molecule has 1 spiro atoms. The summed E-state index contributed by atoms with van der Waals surface area (Å²) in [6, 6.07) is 15.9. The number of hydrogen-bond acceptors (Lipinski definition) is 7. The van der Waals surface area contributed by atoms with Crippen molar-refractivity contribution in [2.75, 3.05) is 19.7 Å². The molecule has 2 aromatic carbocycles. The van der Waals surface area contributed by atoms with Crippen molar-refractivity contribution < 1.29 is 19.5 Å². The Morgan fingerprint density at radius 1 is 1.06 bits per heavy atom. The highest BCUT2D eigenvalue weighted by Crippen LogP contribution is 2.69. The smallest absolute Gasteiger partial charge is 0.248 e. The minimum atomic E-state index is -0.876. The van der Waals surface area contributed by atoms with Crippen molar-refractivity contribution in [2.45, 2.75) is 62.5 Å². The number of aromatic nitrogens is 3. The standard InChI is InChI=1S/C36H44N6O4S/c1-6-17-39(20-25-13-9-8-10-14-25)33(44)30-29-19-24(5)36(47-29)31(30)34(45)42(28(21-43)23(3)4)32(36)35(46)40(18-7-2)22-41-27-16-12-11-15-26(27)37-38-41/h6-16,23-24,28-32,43H,1-2,17-22H2,3-5H3/t24?,28-,29-,30+,31-,32?,36?/m0/s1. The number of fused-ring (bicyclic) bond motifs is 2. The average molecular weight is 657 g/mol. The van der Waals surface area contributed by atoms with Crippen LogP contribution in [0.4, 0.5) is 0 Å². The molecule has 4 heterocycles. The van der Waals surface area contributed by atoms with E-state index in [4.69, 9.17) is 0 Å². The molecule has 3 unspecified atom stereocenters. The highest BCUT2D eigenvalue weighted by atomic mass is 32.2. The van der Waals surface area contributed by atoms with Crippen molar-refractivity contribution in [3.8, 4) is 0 Å². The van der Waals surface area contributed by atoms with Gasteiger partial charge in [0.2, 0.25) is 17.7 Å². The Balaban J connectivity index is 1.41. The zero-order valence-electron chi connectivity index (χ0n) is 27.3. The molecule has 3 saturated heterocycles. The normalized spacial score (nSPS) is 26.9. The second kappa shape index (κ2) is 13.3. The van der Waals surface area contributed by atoms with Gasteiger partial charge in [-0.05, 0) is 36.0 Å². The van der Waals surface area contributed by atoms with E-state index in [0.29, 0.717) is 13.1 Å². The molecule has 7 atom stereocenters. The fourth-order valence-corrected chi connectivity index (χ4v) is 10.5. The highest BCUT2D eigenvalue weighted by molar-refractivity contribution is 8.02. The number of aliphatic hydroxyl groups is 1. The predicted molar refractivity (Wildman–Crippen MR) is 183 cm³/mol. The first-order chi connectivity index (χ1) is 22.7. The third-order valence-electron chi connectivity index (χ3n) is 10.3. The molecule has 3 amide bonds. The lowest BCUT2D eigenvalue weighted by molar-refractivity contribution is -0.148. The van der Waals surface area contributed by atoms with Crippen LogP contribution >= 0.6 is 11.8 Å². The van der Waals surface area contributed by atoms with Gasteiger partial charge in [0, 0.05) is 24.9 Å². The Labute approximate surface area is 280 Å². The maximum Gasteiger partial charge on any atom is 0.248 e. The Bertz CT molecular complexity index is 1660. The summed E-state index contributed by atoms with van der Waals surface area (Å²) < 4.78 is 0.850. The van der Waals surface area contributed by atoms with Crippen LogP contribution in [0.2, 0.25) is 0 Å². The summed E-state index contributed by atoms with van der Waals surface area (Å²) in [6.07, 6.45) is 4.11. The van der Waals surface area contributed by atoms with Crippen LogP contribution in [0.15, 0.2) is 79.9 Å². The highest BCUT2D eigenvalue weighted by Gasteiger charge is 2.77. The van der Waals surface area contributed by atoms with Crippen LogP contribution in [0.1, 0.15) is 32.8 Å². The number of nitrogens with zero attached hydrogens (tertiary/aromatic N) is 6. The predicted octanol–water partition coefficient (Wildman–Crippen LogP) is 3.97. The molecule has 0 saturated carbocycles. The van der Waals surface area contributed by atoms with E-state index < -0.39 is 28.7 Å². The molecule has 248 valence electrons. The Morgan fingerprint density at radius 3 is 2.43 bits per heavy atom. The molecule has 47 heavy (non-hydrogen) atoms. The van der Waals surface area contributed by atoms with Crippen LogP contribution in [0.5, 0.6) is 0 Å². The van der Waals surface area contributed by atoms with E-state index in [2.05, 4.69) is 30.4 Å². The lowest BCUT2D eigenvalue weighted by atomic mass is 9.65. The number of likely N-dealkylation sites (tertiary alicyclic amines) is 1. The first-order valence-corrected chi connectivity index (χ1v) is 17.3. The Morgan fingerprint density at radius 2 is 1.74 bits per heavy atom. The SMILES string of the molecule is C=CCN(Cn1nnc2ccccc21)C(=O)C1N([C@@H](CO)C(C)C)C(=O)[C@@H]2[C@H](C(=O)N(CC=C)Cc3ccccc3)[C@@H]3CC(C)C12S3. The number of amides is 3. The summed E-state index contributed by atoms with van der Waals surface area (Å²) in [7, 11) is 0. The van der Waals surface area contributed by atoms with E-state index in [1.165, 1.54) is 0 Å². The van der Waals surface area contributed by atoms with Crippen molar-refractivity contribution in [1.82, 2.24) is 29.7 Å². The van der Waals surface area contributed by atoms with Crippen LogP contribution in [-0.4, -0.2) is 94.3 Å². The lowest BCUT2D eigenvalue weighted by Crippen LogP contribution is -2.60. The van der Waals surface area contributed by atoms with Crippen LogP contribution < -0.4 is 0 Å². The van der Waals surface area contributed by atoms with E-state index in [0.717, 1.165) is 23.0 Å². The molecule has 6 rings (SSSR count). The fraction of sp³-hybridized carbons (Fsp3) is 0.472. The quantitative estimate of drug-likeness (QED) is 0.277. The first kappa shape index (κ1) is 33.0. The number of carbonyl (C=O) groups excluding carboxylic acids is 3. The second-order valence-electron chi connectivity index (χ2n) is 13.4. The molecule has 3 fully saturated rings. The van der Waals surface area contributed by atoms with E-state index in [1.54, 1.807) is 43.3 Å². The summed E-state index contributed by atoms with van der Waals surface area (Å²) in [5.41, 5.74) is 2.50. The van der Waals surface area contributed by atoms with Crippen molar-refractivity contribution in [2.24, 2.45) is 23.7 Å².